The number of benzene rings is 2. The first-order valence-electron chi connectivity index (χ1n) is 12.9. The van der Waals surface area contributed by atoms with Crippen LogP contribution in [-0.4, -0.2) is 36.3 Å². The number of amides is 2. The highest BCUT2D eigenvalue weighted by atomic mass is 19.1. The molecule has 196 valence electrons. The predicted molar refractivity (Wildman–Crippen MR) is 145 cm³/mol. The van der Waals surface area contributed by atoms with Gasteiger partial charge in [0.1, 0.15) is 11.5 Å². The lowest BCUT2D eigenvalue weighted by molar-refractivity contribution is 0.0591. The van der Waals surface area contributed by atoms with Gasteiger partial charge in [-0.3, -0.25) is 0 Å². The fourth-order valence-corrected chi connectivity index (χ4v) is 4.95. The molecule has 2 aromatic carbocycles. The number of methoxy groups -OCH3 is 1. The summed E-state index contributed by atoms with van der Waals surface area (Å²) in [6.07, 6.45) is 7.64. The van der Waals surface area contributed by atoms with Gasteiger partial charge >= 0.3 is 12.0 Å². The van der Waals surface area contributed by atoms with Gasteiger partial charge in [-0.15, -0.1) is 0 Å². The topological polar surface area (TPSA) is 75.6 Å². The zero-order valence-corrected chi connectivity index (χ0v) is 21.7. The van der Waals surface area contributed by atoms with Gasteiger partial charge < -0.3 is 24.8 Å². The summed E-state index contributed by atoms with van der Waals surface area (Å²) in [7, 11) is 1.35. The number of anilines is 3. The third-order valence-electron chi connectivity index (χ3n) is 6.64. The number of carbonyl (C=O) groups is 2. The van der Waals surface area contributed by atoms with Gasteiger partial charge in [-0.25, -0.2) is 14.0 Å². The standard InChI is InChI=1S/C29H35FN4O3/c1-20(2)19-34(23-8-5-4-6-9-23)26-16-15-24(33-17-7-10-27(33)28(35)37-3)18-25(26)32-29(36)31-22-13-11-21(30)12-14-22/h7,10-18,20,23H,4-6,8-9,19H2,1-3H3,(H2,31,32,36). The van der Waals surface area contributed by atoms with Crippen LogP contribution in [0.3, 0.4) is 0 Å². The lowest BCUT2D eigenvalue weighted by Gasteiger charge is -2.38. The summed E-state index contributed by atoms with van der Waals surface area (Å²) in [6.45, 7) is 5.25. The second-order valence-corrected chi connectivity index (χ2v) is 9.88. The van der Waals surface area contributed by atoms with E-state index in [0.29, 0.717) is 29.0 Å². The van der Waals surface area contributed by atoms with Gasteiger partial charge in [0.2, 0.25) is 0 Å². The highest BCUT2D eigenvalue weighted by molar-refractivity contribution is 6.02. The Bertz CT molecular complexity index is 1220. The average Bonchev–Trinajstić information content (AvgIpc) is 3.39. The van der Waals surface area contributed by atoms with Crippen molar-refractivity contribution >= 4 is 29.1 Å². The molecular formula is C29H35FN4O3. The molecule has 0 spiro atoms. The molecule has 0 saturated heterocycles. The van der Waals surface area contributed by atoms with Gasteiger partial charge in [-0.2, -0.15) is 0 Å². The van der Waals surface area contributed by atoms with E-state index in [9.17, 15) is 14.0 Å². The second kappa shape index (κ2) is 12.0. The molecule has 1 aliphatic carbocycles. The first-order chi connectivity index (χ1) is 17.9. The van der Waals surface area contributed by atoms with Gasteiger partial charge in [0.25, 0.3) is 0 Å². The van der Waals surface area contributed by atoms with Gasteiger partial charge in [-0.1, -0.05) is 33.1 Å². The number of rotatable bonds is 8. The molecule has 0 unspecified atom stereocenters. The van der Waals surface area contributed by atoms with Crippen molar-refractivity contribution in [3.8, 4) is 5.69 Å². The molecule has 1 saturated carbocycles. The van der Waals surface area contributed by atoms with Crippen LogP contribution in [0.2, 0.25) is 0 Å². The summed E-state index contributed by atoms with van der Waals surface area (Å²) < 4.78 is 20.0. The Morgan fingerprint density at radius 3 is 2.46 bits per heavy atom. The number of nitrogens with one attached hydrogen (secondary N) is 2. The minimum atomic E-state index is -0.443. The number of ether oxygens (including phenoxy) is 1. The number of esters is 1. The van der Waals surface area contributed by atoms with E-state index in [0.717, 1.165) is 30.8 Å². The van der Waals surface area contributed by atoms with Crippen LogP contribution in [0.4, 0.5) is 26.2 Å². The van der Waals surface area contributed by atoms with Crippen molar-refractivity contribution in [1.29, 1.82) is 0 Å². The zero-order chi connectivity index (χ0) is 26.4. The molecule has 4 rings (SSSR count). The van der Waals surface area contributed by atoms with Crippen molar-refractivity contribution in [3.63, 3.8) is 0 Å². The summed E-state index contributed by atoms with van der Waals surface area (Å²) in [6, 6.07) is 14.9. The minimum Gasteiger partial charge on any atom is -0.464 e. The summed E-state index contributed by atoms with van der Waals surface area (Å²) >= 11 is 0. The largest absolute Gasteiger partial charge is 0.464 e. The van der Waals surface area contributed by atoms with Crippen molar-refractivity contribution in [1.82, 2.24) is 4.57 Å². The minimum absolute atomic E-state index is 0.370. The second-order valence-electron chi connectivity index (χ2n) is 9.88. The fourth-order valence-electron chi connectivity index (χ4n) is 4.95. The van der Waals surface area contributed by atoms with Gasteiger partial charge in [0, 0.05) is 30.2 Å². The van der Waals surface area contributed by atoms with E-state index in [1.54, 1.807) is 22.9 Å². The van der Waals surface area contributed by atoms with E-state index >= 15 is 0 Å². The zero-order valence-electron chi connectivity index (χ0n) is 21.7. The Morgan fingerprint density at radius 2 is 1.78 bits per heavy atom. The normalized spacial score (nSPS) is 13.9. The van der Waals surface area contributed by atoms with Gasteiger partial charge in [0.15, 0.2) is 0 Å². The first-order valence-corrected chi connectivity index (χ1v) is 12.9. The van der Waals surface area contributed by atoms with Crippen LogP contribution in [0.5, 0.6) is 0 Å². The maximum Gasteiger partial charge on any atom is 0.355 e. The number of aromatic nitrogens is 1. The Labute approximate surface area is 217 Å². The summed E-state index contributed by atoms with van der Waals surface area (Å²) in [5.41, 5.74) is 3.17. The lowest BCUT2D eigenvalue weighted by Crippen LogP contribution is -2.40. The van der Waals surface area contributed by atoms with Crippen LogP contribution in [0, 0.1) is 11.7 Å². The Balaban J connectivity index is 1.72. The van der Waals surface area contributed by atoms with E-state index < -0.39 is 12.0 Å². The molecule has 1 aliphatic rings. The van der Waals surface area contributed by atoms with E-state index in [1.807, 2.05) is 18.2 Å². The molecule has 7 nitrogen and oxygen atoms in total. The van der Waals surface area contributed by atoms with Crippen LogP contribution in [0.1, 0.15) is 56.4 Å². The van der Waals surface area contributed by atoms with Crippen LogP contribution < -0.4 is 15.5 Å². The molecule has 0 aliphatic heterocycles. The third kappa shape index (κ3) is 6.50. The molecule has 0 atom stereocenters. The average molecular weight is 507 g/mol. The number of carbonyl (C=O) groups excluding carboxylic acids is 2. The first kappa shape index (κ1) is 26.3. The van der Waals surface area contributed by atoms with Crippen molar-refractivity contribution < 1.29 is 18.7 Å². The predicted octanol–water partition coefficient (Wildman–Crippen LogP) is 6.84. The lowest BCUT2D eigenvalue weighted by atomic mass is 9.93. The molecule has 3 aromatic rings. The monoisotopic (exact) mass is 506 g/mol. The molecule has 8 heteroatoms. The third-order valence-corrected chi connectivity index (χ3v) is 6.64. The summed E-state index contributed by atoms with van der Waals surface area (Å²) in [5, 5.41) is 5.80. The molecule has 37 heavy (non-hydrogen) atoms. The Hall–Kier alpha value is -3.81. The number of halogens is 1. The van der Waals surface area contributed by atoms with E-state index in [4.69, 9.17) is 4.74 Å². The van der Waals surface area contributed by atoms with Crippen LogP contribution in [0.15, 0.2) is 60.8 Å². The number of hydrogen-bond donors (Lipinski definition) is 2. The summed E-state index contributed by atoms with van der Waals surface area (Å²) in [4.78, 5) is 27.8. The number of nitrogens with zero attached hydrogens (tertiary/aromatic N) is 2. The molecule has 0 bridgehead atoms. The molecule has 1 heterocycles. The summed E-state index contributed by atoms with van der Waals surface area (Å²) in [5.74, 6) is -0.384. The van der Waals surface area contributed by atoms with Gasteiger partial charge in [-0.05, 0) is 73.4 Å². The van der Waals surface area contributed by atoms with Crippen molar-refractivity contribution in [2.45, 2.75) is 52.0 Å². The van der Waals surface area contributed by atoms with Crippen molar-refractivity contribution in [2.24, 2.45) is 5.92 Å². The van der Waals surface area contributed by atoms with E-state index in [1.165, 1.54) is 50.6 Å². The fraction of sp³-hybridized carbons (Fsp3) is 0.379. The van der Waals surface area contributed by atoms with Crippen molar-refractivity contribution in [3.05, 3.63) is 72.3 Å². The molecule has 0 radical (unpaired) electrons. The number of hydrogen-bond acceptors (Lipinski definition) is 4. The number of urea groups is 1. The van der Waals surface area contributed by atoms with Crippen LogP contribution in [0.25, 0.3) is 5.69 Å². The molecular weight excluding hydrogens is 471 g/mol. The molecule has 2 amide bonds. The van der Waals surface area contributed by atoms with E-state index in [2.05, 4.69) is 29.4 Å². The Morgan fingerprint density at radius 1 is 1.05 bits per heavy atom. The molecule has 1 fully saturated rings. The van der Waals surface area contributed by atoms with Gasteiger partial charge in [0.05, 0.1) is 18.5 Å². The van der Waals surface area contributed by atoms with Crippen molar-refractivity contribution in [2.75, 3.05) is 29.2 Å². The SMILES string of the molecule is COC(=O)c1cccn1-c1ccc(N(CC(C)C)C2CCCCC2)c(NC(=O)Nc2ccc(F)cc2)c1. The maximum atomic E-state index is 13.3. The highest BCUT2D eigenvalue weighted by Crippen LogP contribution is 2.35. The Kier molecular flexibility index (Phi) is 8.48. The molecule has 1 aromatic heterocycles. The quantitative estimate of drug-likeness (QED) is 0.328. The van der Waals surface area contributed by atoms with Crippen LogP contribution in [-0.2, 0) is 4.74 Å². The van der Waals surface area contributed by atoms with Crippen LogP contribution >= 0.6 is 0 Å². The molecule has 2 N–H and O–H groups in total. The van der Waals surface area contributed by atoms with E-state index in [-0.39, 0.29) is 5.82 Å². The highest BCUT2D eigenvalue weighted by Gasteiger charge is 2.25. The smallest absolute Gasteiger partial charge is 0.355 e. The maximum absolute atomic E-state index is 13.3.